The molecule has 0 fully saturated rings. The number of ether oxygens (including phenoxy) is 1. The van der Waals surface area contributed by atoms with Gasteiger partial charge in [-0.25, -0.2) is 0 Å². The number of nitrogens with zero attached hydrogens (tertiary/aromatic N) is 1. The topological polar surface area (TPSA) is 28.3 Å². The van der Waals surface area contributed by atoms with E-state index >= 15 is 0 Å². The molecule has 0 bridgehead atoms. The Morgan fingerprint density at radius 1 is 1.04 bits per heavy atom. The Morgan fingerprint density at radius 2 is 1.83 bits per heavy atom. The molecule has 4 rings (SSSR count). The summed E-state index contributed by atoms with van der Waals surface area (Å²) >= 11 is 0. The van der Waals surface area contributed by atoms with Crippen molar-refractivity contribution in [1.82, 2.24) is 9.88 Å². The number of benzene rings is 2. The standard InChI is InChI=1S/C20H22N2O/c1-22(2)17-10-15-8-9-18(20-19(15)16(11-17)12-21-20)23-13-14-6-4-3-5-7-14/h3-9,12,17,21H,10-11,13H2,1-2H3. The second-order valence-electron chi connectivity index (χ2n) is 6.59. The summed E-state index contributed by atoms with van der Waals surface area (Å²) in [4.78, 5) is 5.76. The number of nitrogens with one attached hydrogen (secondary N) is 1. The summed E-state index contributed by atoms with van der Waals surface area (Å²) in [6, 6.07) is 15.2. The van der Waals surface area contributed by atoms with Crippen LogP contribution < -0.4 is 4.74 Å². The summed E-state index contributed by atoms with van der Waals surface area (Å²) in [5.41, 5.74) is 5.17. The maximum absolute atomic E-state index is 6.07. The highest BCUT2D eigenvalue weighted by Gasteiger charge is 2.24. The summed E-state index contributed by atoms with van der Waals surface area (Å²) in [6.45, 7) is 0.601. The highest BCUT2D eigenvalue weighted by molar-refractivity contribution is 5.92. The average Bonchev–Trinajstić information content (AvgIpc) is 3.00. The summed E-state index contributed by atoms with van der Waals surface area (Å²) in [5, 5.41) is 1.37. The molecule has 1 heterocycles. The van der Waals surface area contributed by atoms with Crippen molar-refractivity contribution < 1.29 is 4.74 Å². The van der Waals surface area contributed by atoms with Crippen LogP contribution in [0.4, 0.5) is 0 Å². The van der Waals surface area contributed by atoms with Gasteiger partial charge in [-0.2, -0.15) is 0 Å². The first-order valence-electron chi connectivity index (χ1n) is 8.17. The van der Waals surface area contributed by atoms with Gasteiger partial charge >= 0.3 is 0 Å². The highest BCUT2D eigenvalue weighted by Crippen LogP contribution is 2.36. The van der Waals surface area contributed by atoms with Crippen molar-refractivity contribution >= 4 is 10.9 Å². The maximum Gasteiger partial charge on any atom is 0.143 e. The Hall–Kier alpha value is -2.26. The molecular formula is C20H22N2O. The molecule has 0 spiro atoms. The van der Waals surface area contributed by atoms with Gasteiger partial charge in [0.2, 0.25) is 0 Å². The van der Waals surface area contributed by atoms with Crippen molar-refractivity contribution in [2.75, 3.05) is 14.1 Å². The lowest BCUT2D eigenvalue weighted by Gasteiger charge is -2.28. The minimum atomic E-state index is 0.581. The second-order valence-corrected chi connectivity index (χ2v) is 6.59. The van der Waals surface area contributed by atoms with E-state index < -0.39 is 0 Å². The van der Waals surface area contributed by atoms with E-state index in [1.165, 1.54) is 22.1 Å². The molecule has 0 saturated heterocycles. The number of hydrogen-bond acceptors (Lipinski definition) is 2. The molecule has 0 radical (unpaired) electrons. The van der Waals surface area contributed by atoms with Crippen LogP contribution in [0.25, 0.3) is 10.9 Å². The number of rotatable bonds is 4. The Kier molecular flexibility index (Phi) is 3.58. The zero-order chi connectivity index (χ0) is 15.8. The van der Waals surface area contributed by atoms with Gasteiger partial charge in [-0.05, 0) is 49.7 Å². The molecule has 2 aromatic carbocycles. The SMILES string of the molecule is CN(C)C1Cc2ccc(OCc3ccccc3)c3[nH]cc(c23)C1. The minimum Gasteiger partial charge on any atom is -0.487 e. The van der Waals surface area contributed by atoms with Crippen LogP contribution >= 0.6 is 0 Å². The third-order valence-electron chi connectivity index (χ3n) is 4.84. The molecule has 3 heteroatoms. The van der Waals surface area contributed by atoms with Crippen LogP contribution in [0.2, 0.25) is 0 Å². The van der Waals surface area contributed by atoms with Crippen LogP contribution in [-0.4, -0.2) is 30.0 Å². The van der Waals surface area contributed by atoms with Crippen molar-refractivity contribution in [2.24, 2.45) is 0 Å². The van der Waals surface area contributed by atoms with Gasteiger partial charge in [0.05, 0.1) is 5.52 Å². The van der Waals surface area contributed by atoms with Crippen LogP contribution in [0.15, 0.2) is 48.7 Å². The zero-order valence-corrected chi connectivity index (χ0v) is 13.7. The minimum absolute atomic E-state index is 0.581. The lowest BCUT2D eigenvalue weighted by atomic mass is 9.88. The molecule has 1 unspecified atom stereocenters. The molecule has 23 heavy (non-hydrogen) atoms. The lowest BCUT2D eigenvalue weighted by molar-refractivity contribution is 0.287. The normalized spacial score (nSPS) is 16.9. The fourth-order valence-electron chi connectivity index (χ4n) is 3.50. The third-order valence-corrected chi connectivity index (χ3v) is 4.84. The zero-order valence-electron chi connectivity index (χ0n) is 13.7. The van der Waals surface area contributed by atoms with Crippen LogP contribution in [0.5, 0.6) is 5.75 Å². The van der Waals surface area contributed by atoms with E-state index in [4.69, 9.17) is 4.74 Å². The fraction of sp³-hybridized carbons (Fsp3) is 0.300. The number of aromatic amines is 1. The number of likely N-dealkylation sites (N-methyl/N-ethyl adjacent to an activating group) is 1. The molecule has 1 atom stereocenters. The van der Waals surface area contributed by atoms with Crippen molar-refractivity contribution in [1.29, 1.82) is 0 Å². The molecule has 3 aromatic rings. The summed E-state index contributed by atoms with van der Waals surface area (Å²) in [5.74, 6) is 0.946. The first-order valence-corrected chi connectivity index (χ1v) is 8.17. The van der Waals surface area contributed by atoms with Crippen LogP contribution in [-0.2, 0) is 19.4 Å². The van der Waals surface area contributed by atoms with Crippen LogP contribution in [0.1, 0.15) is 16.7 Å². The lowest BCUT2D eigenvalue weighted by Crippen LogP contribution is -2.33. The quantitative estimate of drug-likeness (QED) is 0.794. The first kappa shape index (κ1) is 14.3. The Balaban J connectivity index is 1.64. The molecule has 0 amide bonds. The smallest absolute Gasteiger partial charge is 0.143 e. The van der Waals surface area contributed by atoms with Gasteiger partial charge in [0, 0.05) is 17.6 Å². The Morgan fingerprint density at radius 3 is 2.61 bits per heavy atom. The first-order chi connectivity index (χ1) is 11.2. The fourth-order valence-corrected chi connectivity index (χ4v) is 3.50. The van der Waals surface area contributed by atoms with Gasteiger partial charge in [-0.1, -0.05) is 36.4 Å². The molecule has 1 aliphatic carbocycles. The molecule has 1 aliphatic rings. The van der Waals surface area contributed by atoms with E-state index in [1.54, 1.807) is 0 Å². The molecule has 0 aliphatic heterocycles. The summed E-state index contributed by atoms with van der Waals surface area (Å²) < 4.78 is 6.07. The van der Waals surface area contributed by atoms with Gasteiger partial charge in [0.15, 0.2) is 0 Å². The van der Waals surface area contributed by atoms with E-state index in [0.29, 0.717) is 12.6 Å². The maximum atomic E-state index is 6.07. The third kappa shape index (κ3) is 2.62. The monoisotopic (exact) mass is 306 g/mol. The van der Waals surface area contributed by atoms with Crippen molar-refractivity contribution in [3.63, 3.8) is 0 Å². The number of aromatic nitrogens is 1. The van der Waals surface area contributed by atoms with Crippen molar-refractivity contribution in [2.45, 2.75) is 25.5 Å². The summed E-state index contributed by atoms with van der Waals surface area (Å²) in [7, 11) is 4.33. The van der Waals surface area contributed by atoms with E-state index in [2.05, 4.69) is 54.4 Å². The van der Waals surface area contributed by atoms with Crippen molar-refractivity contribution in [3.05, 3.63) is 65.4 Å². The van der Waals surface area contributed by atoms with Gasteiger partial charge in [0.1, 0.15) is 12.4 Å². The molecule has 1 N–H and O–H groups in total. The highest BCUT2D eigenvalue weighted by atomic mass is 16.5. The van der Waals surface area contributed by atoms with Gasteiger partial charge in [0.25, 0.3) is 0 Å². The van der Waals surface area contributed by atoms with Gasteiger partial charge in [-0.3, -0.25) is 0 Å². The predicted octanol–water partition coefficient (Wildman–Crippen LogP) is 3.78. The molecule has 118 valence electrons. The van der Waals surface area contributed by atoms with E-state index in [-0.39, 0.29) is 0 Å². The Labute approximate surface area is 136 Å². The second kappa shape index (κ2) is 5.74. The molecule has 3 nitrogen and oxygen atoms in total. The largest absolute Gasteiger partial charge is 0.487 e. The van der Waals surface area contributed by atoms with Crippen LogP contribution in [0, 0.1) is 0 Å². The van der Waals surface area contributed by atoms with Crippen LogP contribution in [0.3, 0.4) is 0 Å². The van der Waals surface area contributed by atoms with Gasteiger partial charge < -0.3 is 14.6 Å². The van der Waals surface area contributed by atoms with Crippen molar-refractivity contribution in [3.8, 4) is 5.75 Å². The van der Waals surface area contributed by atoms with E-state index in [0.717, 1.165) is 24.1 Å². The molecule has 0 saturated carbocycles. The van der Waals surface area contributed by atoms with Gasteiger partial charge in [-0.15, -0.1) is 0 Å². The number of hydrogen-bond donors (Lipinski definition) is 1. The Bertz CT molecular complexity index is 820. The van der Waals surface area contributed by atoms with E-state index in [9.17, 15) is 0 Å². The van der Waals surface area contributed by atoms with E-state index in [1.807, 2.05) is 18.2 Å². The predicted molar refractivity (Wildman–Crippen MR) is 94.0 cm³/mol. The molecule has 1 aromatic heterocycles. The molecular weight excluding hydrogens is 284 g/mol. The number of H-pyrrole nitrogens is 1. The average molecular weight is 306 g/mol. The summed E-state index contributed by atoms with van der Waals surface area (Å²) in [6.07, 6.45) is 4.36.